The fraction of sp³-hybridized carbons (Fsp3) is 0.490. The molecule has 8 atom stereocenters. The first kappa shape index (κ1) is 111. The number of likely N-dealkylation sites (tertiary alicyclic amines) is 2. The van der Waals surface area contributed by atoms with Gasteiger partial charge in [0.05, 0.1) is 68.9 Å². The molecule has 5 fully saturated rings. The van der Waals surface area contributed by atoms with E-state index in [1.807, 2.05) is 90.7 Å². The molecule has 0 spiro atoms. The SMILES string of the molecule is C=C(O)C1CCN(c2ncc(Cl)c(N3C[C@@H](N(Cc4cc(C(F)(F)F)cc(C(F)(F)F)c4)c4ncc(-c5cnn(C)c5)cn4)C[C@H]3CC)n2)CC1.CC[C@@H]1CC(N(Cc2cc(C(F)(F)F)cc(C(F)(F)F)c2)c2ncc(-c3ccn(C)c3)cn2)C[C@H](CC)N1C(=O)OCC(C)(C)C(=O)O.C[C@@H]1CC(N(Cc2cc(C(F)(F)F)cc(C(F)(F)F)c2)c2ncc(-c3ccn(C)c3)cn2)C[C@H](C)N1C(=O)OC1CCC(C(=O)O)CC1. The number of allylic oxidation sites excluding steroid dienone is 1. The molecular weight excluding hydrogens is 1990 g/mol. The van der Waals surface area contributed by atoms with Gasteiger partial charge in [0, 0.05) is 210 Å². The van der Waals surface area contributed by atoms with Crippen molar-refractivity contribution in [2.24, 2.45) is 38.4 Å². The Balaban J connectivity index is 0.000000184. The van der Waals surface area contributed by atoms with Crippen molar-refractivity contribution in [2.45, 2.75) is 249 Å². The highest BCUT2D eigenvalue weighted by Crippen LogP contribution is 2.46. The van der Waals surface area contributed by atoms with Gasteiger partial charge in [-0.15, -0.1) is 0 Å². The molecule has 5 aliphatic rings. The lowest BCUT2D eigenvalue weighted by atomic mass is 9.87. The van der Waals surface area contributed by atoms with Crippen LogP contribution in [-0.4, -0.2) is 189 Å². The number of piperidine rings is 3. The number of aryl methyl sites for hydroxylation is 3. The summed E-state index contributed by atoms with van der Waals surface area (Å²) in [7, 11) is 5.44. The molecule has 147 heavy (non-hydrogen) atoms. The van der Waals surface area contributed by atoms with Gasteiger partial charge in [-0.2, -0.15) is 89.1 Å². The average Bonchev–Trinajstić information content (AvgIpc) is 0.943. The van der Waals surface area contributed by atoms with Gasteiger partial charge >= 0.3 is 61.2 Å². The number of carbonyl (C=O) groups excluding carboxylic acids is 2. The molecular formula is C100H112ClF18N19O9. The number of aliphatic hydroxyl groups excluding tert-OH is 1. The number of hydrogen-bond acceptors (Lipinski definition) is 21. The van der Waals surface area contributed by atoms with Crippen LogP contribution in [0.5, 0.6) is 0 Å². The Labute approximate surface area is 839 Å². The van der Waals surface area contributed by atoms with Gasteiger partial charge < -0.3 is 68.2 Å². The molecule has 7 aromatic heterocycles. The Morgan fingerprint density at radius 3 is 1.18 bits per heavy atom. The maximum atomic E-state index is 13.8. The lowest BCUT2D eigenvalue weighted by Crippen LogP contribution is -2.57. The number of benzene rings is 3. The normalized spacial score (nSPS) is 20.4. The summed E-state index contributed by atoms with van der Waals surface area (Å²) in [6.07, 6.45) is -3.88. The highest BCUT2D eigenvalue weighted by molar-refractivity contribution is 6.32. The molecule has 28 nitrogen and oxygen atoms in total. The van der Waals surface area contributed by atoms with Gasteiger partial charge in [-0.3, -0.25) is 14.3 Å². The van der Waals surface area contributed by atoms with E-state index in [-0.39, 0.29) is 116 Å². The number of carboxylic acid groups (broad SMARTS) is 2. The topological polar surface area (TPSA) is 301 Å². The molecule has 2 unspecified atom stereocenters. The number of aromatic nitrogens is 12. The summed E-state index contributed by atoms with van der Waals surface area (Å²) in [5.74, 6) is -1.02. The van der Waals surface area contributed by atoms with Crippen LogP contribution in [0, 0.1) is 17.3 Å². The monoisotopic (exact) mass is 2100 g/mol. The van der Waals surface area contributed by atoms with Crippen molar-refractivity contribution in [1.82, 2.24) is 68.6 Å². The molecule has 4 saturated heterocycles. The number of carbonyl (C=O) groups is 4. The molecule has 1 aliphatic carbocycles. The number of amides is 2. The maximum absolute atomic E-state index is 13.8. The molecule has 47 heteroatoms. The van der Waals surface area contributed by atoms with E-state index >= 15 is 0 Å². The Kier molecular flexibility index (Phi) is 34.2. The Morgan fingerprint density at radius 2 is 0.837 bits per heavy atom. The molecule has 1 saturated carbocycles. The fourth-order valence-electron chi connectivity index (χ4n) is 19.4. The minimum Gasteiger partial charge on any atom is -0.513 e. The first-order valence-electron chi connectivity index (χ1n) is 47.6. The van der Waals surface area contributed by atoms with Crippen molar-refractivity contribution in [3.05, 3.63) is 215 Å². The average molecular weight is 2100 g/mol. The number of nitrogens with zero attached hydrogens (tertiary/aromatic N) is 19. The summed E-state index contributed by atoms with van der Waals surface area (Å²) in [4.78, 5) is 97.9. The van der Waals surface area contributed by atoms with Crippen LogP contribution in [0.15, 0.2) is 160 Å². The van der Waals surface area contributed by atoms with Crippen LogP contribution in [0.1, 0.15) is 188 Å². The minimum absolute atomic E-state index is 0.00695. The number of halogens is 19. The van der Waals surface area contributed by atoms with Gasteiger partial charge in [-0.1, -0.05) is 39.0 Å². The van der Waals surface area contributed by atoms with Crippen molar-refractivity contribution in [2.75, 3.05) is 50.7 Å². The van der Waals surface area contributed by atoms with Crippen LogP contribution in [0.25, 0.3) is 33.4 Å². The lowest BCUT2D eigenvalue weighted by molar-refractivity contribution is -0.149. The molecule has 10 aromatic rings. The predicted molar refractivity (Wildman–Crippen MR) is 508 cm³/mol. The zero-order valence-corrected chi connectivity index (χ0v) is 82.5. The van der Waals surface area contributed by atoms with Gasteiger partial charge in [-0.25, -0.2) is 44.5 Å². The third-order valence-electron chi connectivity index (χ3n) is 27.3. The molecule has 0 radical (unpaired) electrons. The number of hydrogen-bond donors (Lipinski definition) is 3. The minimum atomic E-state index is -5.02. The van der Waals surface area contributed by atoms with E-state index in [4.69, 9.17) is 26.1 Å². The first-order valence-corrected chi connectivity index (χ1v) is 48.0. The van der Waals surface area contributed by atoms with Crippen LogP contribution in [-0.2, 0) is 96.9 Å². The molecule has 3 aromatic carbocycles. The molecule has 11 heterocycles. The third-order valence-corrected chi connectivity index (χ3v) is 27.6. The van der Waals surface area contributed by atoms with Gasteiger partial charge in [0.1, 0.15) is 17.7 Å². The molecule has 2 amide bonds. The summed E-state index contributed by atoms with van der Waals surface area (Å²) in [5.41, 5.74) is -6.07. The fourth-order valence-corrected chi connectivity index (χ4v) is 19.6. The number of aliphatic hydroxyl groups is 1. The van der Waals surface area contributed by atoms with E-state index in [0.29, 0.717) is 148 Å². The van der Waals surface area contributed by atoms with E-state index in [9.17, 15) is 114 Å². The van der Waals surface area contributed by atoms with Crippen LogP contribution in [0.3, 0.4) is 0 Å². The van der Waals surface area contributed by atoms with E-state index in [0.717, 1.165) is 28.8 Å². The highest BCUT2D eigenvalue weighted by Gasteiger charge is 2.48. The summed E-state index contributed by atoms with van der Waals surface area (Å²) in [6, 6.07) is 5.04. The summed E-state index contributed by atoms with van der Waals surface area (Å²) < 4.78 is 264. The Hall–Kier alpha value is -13.2. The van der Waals surface area contributed by atoms with E-state index in [1.165, 1.54) is 20.0 Å². The van der Waals surface area contributed by atoms with E-state index in [1.54, 1.807) is 99.7 Å². The van der Waals surface area contributed by atoms with Crippen LogP contribution in [0.2, 0.25) is 5.02 Å². The van der Waals surface area contributed by atoms with E-state index in [2.05, 4.69) is 46.6 Å². The Morgan fingerprint density at radius 1 is 0.456 bits per heavy atom. The molecule has 794 valence electrons. The number of rotatable bonds is 26. The smallest absolute Gasteiger partial charge is 0.416 e. The van der Waals surface area contributed by atoms with Gasteiger partial charge in [0.2, 0.25) is 23.8 Å². The second-order valence-electron chi connectivity index (χ2n) is 38.5. The standard InChI is InChI=1S/C34H36ClF6N9O.C33H37F6N5O4.C33H39F6N5O4/c1-4-27-12-28(19-49(27)30-29(35)16-44-32(46-30)48-7-5-22(6-8-48)20(2)51)50(31-42-13-23(14-43-31)24-15-45-47(3)18-24)17-21-9-25(33(36,37)38)11-26(10-21)34(39,40)41;1-19-10-27(11-20(2)44(19)31(47)48-28-6-4-22(5-7-28)29(45)46)43(30-40-15-24(16-41-30)23-8-9-42(3)18-23)17-21-12-25(32(34,35)36)14-26(13-21)33(37,38)39;1-6-25-13-27(14-26(7-2)44(25)30(47)48-19-31(3,4)28(45)46)43(29-40-15-22(16-41-29)21-8-9-42(5)18-21)17-20-10-23(32(34,35)36)12-24(11-20)33(37,38)39/h9-11,13-16,18,22,27-28,51H,2,4-8,12,17,19H2,1,3H3;8-9,12-16,18-20,22,27-28H,4-7,10-11,17H2,1-3H3,(H,45,46);8-12,15-16,18,25-27H,6-7,13-14,17,19H2,1-5H3,(H,45,46)/t27-,28+;19-,20+,22?,27?,28?;25-,26+,27?/m1../s1. The van der Waals surface area contributed by atoms with Crippen molar-refractivity contribution in [3.63, 3.8) is 0 Å². The third kappa shape index (κ3) is 27.6. The second kappa shape index (κ2) is 45.2. The quantitative estimate of drug-likeness (QED) is 0.0335. The summed E-state index contributed by atoms with van der Waals surface area (Å²) in [6.45, 7) is 15.9. The van der Waals surface area contributed by atoms with Gasteiger partial charge in [-0.05, 0) is 201 Å². The number of ether oxygens (including phenoxy) is 2. The molecule has 3 N–H and O–H groups in total. The summed E-state index contributed by atoms with van der Waals surface area (Å²) >= 11 is 6.69. The first-order chi connectivity index (χ1) is 68.9. The van der Waals surface area contributed by atoms with Gasteiger partial charge in [0.25, 0.3) is 0 Å². The van der Waals surface area contributed by atoms with Gasteiger partial charge in [0.15, 0.2) is 5.82 Å². The van der Waals surface area contributed by atoms with Crippen molar-refractivity contribution < 1.29 is 123 Å². The Bertz CT molecular complexity index is 6100. The van der Waals surface area contributed by atoms with Crippen molar-refractivity contribution >= 4 is 65.3 Å². The molecule has 0 bridgehead atoms. The number of carboxylic acids is 2. The largest absolute Gasteiger partial charge is 0.513 e. The number of anilines is 5. The van der Waals surface area contributed by atoms with Crippen LogP contribution < -0.4 is 24.5 Å². The van der Waals surface area contributed by atoms with Crippen molar-refractivity contribution in [3.8, 4) is 33.4 Å². The lowest BCUT2D eigenvalue weighted by Gasteiger charge is -2.47. The van der Waals surface area contributed by atoms with Crippen LogP contribution in [0.4, 0.5) is 118 Å². The second-order valence-corrected chi connectivity index (χ2v) is 38.9. The molecule has 15 rings (SSSR count). The number of aliphatic carboxylic acids is 2. The molecule has 4 aliphatic heterocycles. The zero-order valence-electron chi connectivity index (χ0n) is 81.7. The summed E-state index contributed by atoms with van der Waals surface area (Å²) in [5, 5.41) is 33.0. The van der Waals surface area contributed by atoms with Crippen LogP contribution >= 0.6 is 11.6 Å². The zero-order chi connectivity index (χ0) is 107. The number of alkyl halides is 18. The predicted octanol–water partition coefficient (Wildman–Crippen LogP) is 23.1. The van der Waals surface area contributed by atoms with Crippen molar-refractivity contribution in [1.29, 1.82) is 0 Å². The van der Waals surface area contributed by atoms with E-state index < -0.39 is 154 Å². The highest BCUT2D eigenvalue weighted by atomic mass is 35.5. The maximum Gasteiger partial charge on any atom is 0.416 e.